The summed E-state index contributed by atoms with van der Waals surface area (Å²) in [4.78, 5) is 65.7. The molecule has 5 aliphatic rings. The van der Waals surface area contributed by atoms with Crippen LogP contribution in [0.25, 0.3) is 11.3 Å². The third-order valence-corrected chi connectivity index (χ3v) is 11.9. The average Bonchev–Trinajstić information content (AvgIpc) is 3.80. The number of benzene rings is 2. The zero-order valence-corrected chi connectivity index (χ0v) is 37.5. The largest absolute Gasteiger partial charge is 0.444 e. The van der Waals surface area contributed by atoms with E-state index in [1.54, 1.807) is 41.2 Å². The Kier molecular flexibility index (Phi) is 12.8. The lowest BCUT2D eigenvalue weighted by Gasteiger charge is -2.53. The van der Waals surface area contributed by atoms with Crippen molar-refractivity contribution in [3.63, 3.8) is 0 Å². The summed E-state index contributed by atoms with van der Waals surface area (Å²) in [7, 11) is 3.47. The number of aromatic nitrogens is 4. The number of likely N-dealkylation sites (N-methyl/N-ethyl adjacent to an activating group) is 2. The maximum atomic E-state index is 13.2. The molecule has 9 rings (SSSR count). The second kappa shape index (κ2) is 18.1. The lowest BCUT2D eigenvalue weighted by atomic mass is 9.86. The number of carbonyl (C=O) groups excluding carboxylic acids is 3. The Bertz CT molecular complexity index is 2470. The van der Waals surface area contributed by atoms with Gasteiger partial charge in [-0.2, -0.15) is 15.2 Å². The third-order valence-electron chi connectivity index (χ3n) is 11.8. The van der Waals surface area contributed by atoms with Crippen LogP contribution in [0.3, 0.4) is 0 Å². The molecule has 0 aliphatic carbocycles. The van der Waals surface area contributed by atoms with E-state index >= 15 is 0 Å². The first-order valence-corrected chi connectivity index (χ1v) is 21.3. The van der Waals surface area contributed by atoms with Gasteiger partial charge in [0.2, 0.25) is 5.28 Å². The van der Waals surface area contributed by atoms with E-state index < -0.39 is 22.8 Å². The maximum Gasteiger partial charge on any atom is 0.410 e. The molecule has 4 aromatic rings. The molecule has 2 aromatic heterocycles. The van der Waals surface area contributed by atoms with Crippen LogP contribution in [0.5, 0.6) is 0 Å². The molecule has 63 heavy (non-hydrogen) atoms. The summed E-state index contributed by atoms with van der Waals surface area (Å²) in [5.74, 6) is 4.46. The number of hydrogen-bond donors (Lipinski definition) is 0. The van der Waals surface area contributed by atoms with Gasteiger partial charge in [-0.15, -0.1) is 6.42 Å². The van der Waals surface area contributed by atoms with Crippen molar-refractivity contribution in [3.8, 4) is 12.3 Å². The van der Waals surface area contributed by atoms with Crippen LogP contribution in [0.1, 0.15) is 64.4 Å². The topological polar surface area (TPSA) is 162 Å². The molecule has 2 unspecified atom stereocenters. The summed E-state index contributed by atoms with van der Waals surface area (Å²) in [5.41, 5.74) is 2.77. The molecule has 2 saturated heterocycles. The number of morpholine rings is 1. The van der Waals surface area contributed by atoms with Crippen LogP contribution in [0, 0.1) is 12.3 Å². The lowest BCUT2D eigenvalue weighted by Crippen LogP contribution is -2.72. The molecule has 3 amide bonds. The Morgan fingerprint density at radius 1 is 0.857 bits per heavy atom. The summed E-state index contributed by atoms with van der Waals surface area (Å²) in [6.45, 7) is 12.6. The second-order valence-electron chi connectivity index (χ2n) is 16.6. The molecule has 16 nitrogen and oxygen atoms in total. The number of hydrogen-bond acceptors (Lipinski definition) is 13. The van der Waals surface area contributed by atoms with Gasteiger partial charge in [0.1, 0.15) is 33.8 Å². The van der Waals surface area contributed by atoms with Gasteiger partial charge in [-0.3, -0.25) is 9.59 Å². The summed E-state index contributed by atoms with van der Waals surface area (Å²) < 4.78 is 11.2. The fourth-order valence-electron chi connectivity index (χ4n) is 8.38. The van der Waals surface area contributed by atoms with Gasteiger partial charge in [-0.1, -0.05) is 68.3 Å². The second-order valence-corrected chi connectivity index (χ2v) is 16.9. The Balaban J connectivity index is 0.000000162. The molecule has 0 bridgehead atoms. The number of terminal acetylenes is 1. The van der Waals surface area contributed by atoms with E-state index in [2.05, 4.69) is 36.0 Å². The Labute approximate surface area is 373 Å². The highest BCUT2D eigenvalue weighted by molar-refractivity contribution is 6.28. The van der Waals surface area contributed by atoms with Crippen LogP contribution < -0.4 is 19.6 Å². The van der Waals surface area contributed by atoms with Crippen LogP contribution in [0.2, 0.25) is 5.28 Å². The number of halogens is 1. The zero-order valence-electron chi connectivity index (χ0n) is 36.7. The number of rotatable bonds is 4. The molecule has 5 aliphatic heterocycles. The minimum atomic E-state index is -0.894. The number of azo groups is 1. The molecule has 0 spiro atoms. The van der Waals surface area contributed by atoms with Gasteiger partial charge in [0.05, 0.1) is 38.7 Å². The quantitative estimate of drug-likeness (QED) is 0.158. The number of fused-ring (bicyclic) bond motifs is 6. The van der Waals surface area contributed by atoms with Gasteiger partial charge < -0.3 is 34.0 Å². The molecule has 0 radical (unpaired) electrons. The number of piperazine rings is 1. The smallest absolute Gasteiger partial charge is 0.410 e. The first-order valence-electron chi connectivity index (χ1n) is 20.9. The number of nitrogens with zero attached hydrogens (tertiary/aromatic N) is 11. The van der Waals surface area contributed by atoms with Gasteiger partial charge in [0.25, 0.3) is 11.8 Å². The van der Waals surface area contributed by atoms with Crippen LogP contribution >= 0.6 is 11.6 Å². The van der Waals surface area contributed by atoms with Crippen LogP contribution in [0.15, 0.2) is 83.3 Å². The monoisotopic (exact) mass is 873 g/mol. The Morgan fingerprint density at radius 2 is 1.46 bits per heavy atom. The van der Waals surface area contributed by atoms with E-state index in [0.717, 1.165) is 33.9 Å². The van der Waals surface area contributed by atoms with Crippen molar-refractivity contribution in [1.29, 1.82) is 0 Å². The van der Waals surface area contributed by atoms with Crippen LogP contribution in [-0.4, -0.2) is 119 Å². The van der Waals surface area contributed by atoms with Crippen LogP contribution in [-0.2, 0) is 19.1 Å². The SMILES string of the molecule is C#Cc1ccccc1.CCC12CN(C(=O)OC(C)(C)C)CCN1c1nc(Cl)ncc1N(C)C2=O.CCC12COCCN1c1nc(C3=C(c4ccccc4)N=NC3)ncc1N(C)C2=O. The predicted octanol–water partition coefficient (Wildman–Crippen LogP) is 6.75. The highest BCUT2D eigenvalue weighted by Gasteiger charge is 2.55. The van der Waals surface area contributed by atoms with Gasteiger partial charge in [-0.25, -0.2) is 19.7 Å². The molecule has 2 aromatic carbocycles. The van der Waals surface area contributed by atoms with E-state index in [9.17, 15) is 14.4 Å². The molecule has 7 heterocycles. The van der Waals surface area contributed by atoms with Crippen molar-refractivity contribution >= 4 is 63.8 Å². The maximum absolute atomic E-state index is 13.2. The van der Waals surface area contributed by atoms with Gasteiger partial charge in [0.15, 0.2) is 17.5 Å². The van der Waals surface area contributed by atoms with Crippen LogP contribution in [0.4, 0.5) is 27.8 Å². The number of anilines is 4. The first kappa shape index (κ1) is 44.6. The average molecular weight is 874 g/mol. The van der Waals surface area contributed by atoms with Gasteiger partial charge in [-0.05, 0) is 57.3 Å². The van der Waals surface area contributed by atoms with E-state index in [-0.39, 0.29) is 23.6 Å². The first-order chi connectivity index (χ1) is 30.2. The van der Waals surface area contributed by atoms with Crippen molar-refractivity contribution in [3.05, 3.63) is 95.3 Å². The summed E-state index contributed by atoms with van der Waals surface area (Å²) in [6.07, 6.45) is 9.16. The minimum absolute atomic E-state index is 0.0265. The van der Waals surface area contributed by atoms with E-state index in [1.807, 2.05) is 100 Å². The van der Waals surface area contributed by atoms with Crippen molar-refractivity contribution in [2.24, 2.45) is 10.2 Å². The van der Waals surface area contributed by atoms with Crippen molar-refractivity contribution in [2.75, 3.05) is 79.6 Å². The highest BCUT2D eigenvalue weighted by Crippen LogP contribution is 2.44. The van der Waals surface area contributed by atoms with Gasteiger partial charge >= 0.3 is 6.09 Å². The van der Waals surface area contributed by atoms with E-state index in [0.29, 0.717) is 69.6 Å². The molecule has 328 valence electrons. The summed E-state index contributed by atoms with van der Waals surface area (Å²) in [6, 6.07) is 19.5. The Hall–Kier alpha value is -6.44. The zero-order chi connectivity index (χ0) is 45.1. The fraction of sp³-hybridized carbons (Fsp3) is 0.413. The molecule has 17 heteroatoms. The minimum Gasteiger partial charge on any atom is -0.444 e. The number of carbonyl (C=O) groups is 3. The third kappa shape index (κ3) is 8.55. The molecular weight excluding hydrogens is 822 g/mol. The van der Waals surface area contributed by atoms with Crippen molar-refractivity contribution in [1.82, 2.24) is 24.8 Å². The van der Waals surface area contributed by atoms with E-state index in [4.69, 9.17) is 32.5 Å². The van der Waals surface area contributed by atoms with E-state index in [1.165, 1.54) is 0 Å². The Morgan fingerprint density at radius 3 is 2.08 bits per heavy atom. The molecule has 2 fully saturated rings. The fourth-order valence-corrected chi connectivity index (χ4v) is 8.51. The standard InChI is InChI=1S/C21H22N6O2.C17H24ClN5O3.C8H6/c1-3-21-13-29-10-9-27(21)19-16(26(2)20(21)28)12-22-18(24-19)15-11-23-25-17(15)14-7-5-4-6-8-14;1-6-17-10-22(15(25)26-16(2,3)4)7-8-23(17)12-11(21(5)13(17)24)9-19-14(18)20-12;1-2-8-6-4-3-5-7-8/h4-8,12H,3,9-11,13H2,1-2H3;9H,6-8,10H2,1-5H3;1,3-7H. The molecular formula is C46H52ClN11O5. The van der Waals surface area contributed by atoms with Crippen molar-refractivity contribution in [2.45, 2.75) is 64.1 Å². The lowest BCUT2D eigenvalue weighted by molar-refractivity contribution is -0.128. The molecule has 0 saturated carbocycles. The van der Waals surface area contributed by atoms with Gasteiger partial charge in [0, 0.05) is 50.4 Å². The molecule has 2 atom stereocenters. The summed E-state index contributed by atoms with van der Waals surface area (Å²) in [5, 5.41) is 8.69. The molecule has 0 N–H and O–H groups in total. The predicted molar refractivity (Wildman–Crippen MR) is 243 cm³/mol. The normalized spacial score (nSPS) is 21.2. The number of ether oxygens (including phenoxy) is 2. The summed E-state index contributed by atoms with van der Waals surface area (Å²) >= 11 is 6.00. The van der Waals surface area contributed by atoms with Crippen molar-refractivity contribution < 1.29 is 23.9 Å². The number of amides is 3. The highest BCUT2D eigenvalue weighted by atomic mass is 35.5.